The molecule has 2 unspecified atom stereocenters. The molecule has 0 spiro atoms. The van der Waals surface area contributed by atoms with Gasteiger partial charge in [-0.25, -0.2) is 19.3 Å². The highest BCUT2D eigenvalue weighted by Crippen LogP contribution is 2.42. The van der Waals surface area contributed by atoms with Crippen molar-refractivity contribution in [1.82, 2.24) is 29.5 Å². The highest BCUT2D eigenvalue weighted by Gasteiger charge is 2.40. The van der Waals surface area contributed by atoms with Crippen molar-refractivity contribution in [1.29, 1.82) is 0 Å². The zero-order valence-electron chi connectivity index (χ0n) is 22.4. The average Bonchev–Trinajstić information content (AvgIpc) is 3.50. The van der Waals surface area contributed by atoms with E-state index in [2.05, 4.69) is 66.2 Å². The molecule has 2 atom stereocenters. The lowest BCUT2D eigenvalue weighted by atomic mass is 9.76. The lowest BCUT2D eigenvalue weighted by molar-refractivity contribution is 0.0519. The van der Waals surface area contributed by atoms with Gasteiger partial charge in [0.15, 0.2) is 5.82 Å². The van der Waals surface area contributed by atoms with Crippen molar-refractivity contribution in [2.75, 3.05) is 12.3 Å². The largest absolute Gasteiger partial charge is 0.465 e. The summed E-state index contributed by atoms with van der Waals surface area (Å²) in [6, 6.07) is 18.5. The Morgan fingerprint density at radius 1 is 1.15 bits per heavy atom. The number of piperidine rings is 1. The van der Waals surface area contributed by atoms with Crippen LogP contribution in [0.2, 0.25) is 0 Å². The predicted molar refractivity (Wildman–Crippen MR) is 152 cm³/mol. The Morgan fingerprint density at radius 3 is 2.69 bits per heavy atom. The number of benzene rings is 2. The van der Waals surface area contributed by atoms with Crippen LogP contribution in [0.5, 0.6) is 0 Å². The third-order valence-corrected chi connectivity index (χ3v) is 7.93. The number of amides is 1. The number of anilines is 1. The molecule has 3 aromatic heterocycles. The molecule has 4 N–H and O–H groups in total. The van der Waals surface area contributed by atoms with Gasteiger partial charge in [0.2, 0.25) is 0 Å². The highest BCUT2D eigenvalue weighted by molar-refractivity contribution is 5.92. The van der Waals surface area contributed by atoms with E-state index in [1.807, 2.05) is 28.8 Å². The zero-order chi connectivity index (χ0) is 27.3. The Balaban J connectivity index is 1.39. The molecule has 1 fully saturated rings. The summed E-state index contributed by atoms with van der Waals surface area (Å²) < 4.78 is 1.90. The molecule has 5 aromatic rings. The van der Waals surface area contributed by atoms with Gasteiger partial charge in [-0.2, -0.15) is 5.10 Å². The van der Waals surface area contributed by atoms with E-state index in [0.29, 0.717) is 18.8 Å². The quantitative estimate of drug-likeness (QED) is 0.277. The molecular formula is C30H33N7O2. The van der Waals surface area contributed by atoms with Gasteiger partial charge in [-0.15, -0.1) is 0 Å². The topological polar surface area (TPSA) is 125 Å². The molecule has 2 aromatic carbocycles. The number of carbonyl (C=O) groups is 1. The second-order valence-corrected chi connectivity index (χ2v) is 11.5. The molecule has 200 valence electrons. The van der Waals surface area contributed by atoms with E-state index >= 15 is 0 Å². The first kappa shape index (κ1) is 24.9. The maximum absolute atomic E-state index is 12.0. The minimum absolute atomic E-state index is 0.105. The van der Waals surface area contributed by atoms with Crippen molar-refractivity contribution in [3.8, 4) is 11.1 Å². The number of carboxylic acid groups (broad SMARTS) is 1. The average molecular weight is 524 g/mol. The molecule has 9 heteroatoms. The fourth-order valence-corrected chi connectivity index (χ4v) is 5.99. The third kappa shape index (κ3) is 4.58. The van der Waals surface area contributed by atoms with Gasteiger partial charge in [0.1, 0.15) is 17.7 Å². The van der Waals surface area contributed by atoms with Gasteiger partial charge in [0, 0.05) is 36.2 Å². The minimum Gasteiger partial charge on any atom is -0.465 e. The van der Waals surface area contributed by atoms with E-state index in [1.165, 1.54) is 11.9 Å². The Morgan fingerprint density at radius 2 is 1.95 bits per heavy atom. The summed E-state index contributed by atoms with van der Waals surface area (Å²) in [6.07, 6.45) is 2.79. The normalized spacial score (nSPS) is 18.2. The number of nitrogens with zero attached hydrogens (tertiary/aromatic N) is 5. The molecule has 0 radical (unpaired) electrons. The van der Waals surface area contributed by atoms with Gasteiger partial charge < -0.3 is 20.7 Å². The third-order valence-electron chi connectivity index (χ3n) is 7.93. The van der Waals surface area contributed by atoms with Gasteiger partial charge in [-0.1, -0.05) is 57.2 Å². The van der Waals surface area contributed by atoms with Crippen LogP contribution in [0.4, 0.5) is 10.6 Å². The Bertz CT molecular complexity index is 1670. The van der Waals surface area contributed by atoms with Crippen LogP contribution in [0.15, 0.2) is 60.9 Å². The van der Waals surface area contributed by atoms with Crippen LogP contribution in [0, 0.1) is 5.41 Å². The summed E-state index contributed by atoms with van der Waals surface area (Å²) in [5.74, 6) is 1.46. The number of nitrogens with two attached hydrogens (primary N) is 1. The smallest absolute Gasteiger partial charge is 0.407 e. The monoisotopic (exact) mass is 523 g/mol. The molecule has 1 aliphatic heterocycles. The van der Waals surface area contributed by atoms with Crippen molar-refractivity contribution in [3.63, 3.8) is 0 Å². The molecular weight excluding hydrogens is 490 g/mol. The van der Waals surface area contributed by atoms with Crippen molar-refractivity contribution in [2.45, 2.75) is 52.0 Å². The van der Waals surface area contributed by atoms with Crippen LogP contribution in [-0.2, 0) is 6.42 Å². The zero-order valence-corrected chi connectivity index (χ0v) is 22.4. The SMILES string of the molecule is CC(C)(C)C1CC(c2cc(-c3ccc4nc(Cc5ccccc5)[nH]c4c3)c3c(N)ncnn23)CCN1C(=O)O. The molecule has 4 heterocycles. The van der Waals surface area contributed by atoms with Crippen LogP contribution in [-0.4, -0.2) is 53.3 Å². The van der Waals surface area contributed by atoms with Gasteiger partial charge in [-0.05, 0) is 47.6 Å². The van der Waals surface area contributed by atoms with Gasteiger partial charge in [-0.3, -0.25) is 0 Å². The summed E-state index contributed by atoms with van der Waals surface area (Å²) in [4.78, 5) is 26.1. The number of nitrogens with one attached hydrogen (secondary N) is 1. The van der Waals surface area contributed by atoms with Crippen molar-refractivity contribution in [2.24, 2.45) is 5.41 Å². The second kappa shape index (κ2) is 9.41. The lowest BCUT2D eigenvalue weighted by Gasteiger charge is -2.44. The minimum atomic E-state index is -0.861. The summed E-state index contributed by atoms with van der Waals surface area (Å²) in [5, 5.41) is 14.4. The number of aromatic nitrogens is 5. The summed E-state index contributed by atoms with van der Waals surface area (Å²) in [6.45, 7) is 6.78. The fourth-order valence-electron chi connectivity index (χ4n) is 5.99. The van der Waals surface area contributed by atoms with Crippen LogP contribution in [0.3, 0.4) is 0 Å². The number of imidazole rings is 1. The first-order chi connectivity index (χ1) is 18.7. The van der Waals surface area contributed by atoms with Crippen LogP contribution in [0.1, 0.15) is 56.6 Å². The number of H-pyrrole nitrogens is 1. The summed E-state index contributed by atoms with van der Waals surface area (Å²) >= 11 is 0. The van der Waals surface area contributed by atoms with Gasteiger partial charge in [0.25, 0.3) is 0 Å². The number of rotatable bonds is 4. The first-order valence-electron chi connectivity index (χ1n) is 13.3. The number of aromatic amines is 1. The highest BCUT2D eigenvalue weighted by atomic mass is 16.4. The van der Waals surface area contributed by atoms with Crippen molar-refractivity contribution < 1.29 is 9.90 Å². The van der Waals surface area contributed by atoms with E-state index in [9.17, 15) is 9.90 Å². The molecule has 39 heavy (non-hydrogen) atoms. The van der Waals surface area contributed by atoms with E-state index in [-0.39, 0.29) is 17.4 Å². The molecule has 1 saturated heterocycles. The maximum Gasteiger partial charge on any atom is 0.407 e. The van der Waals surface area contributed by atoms with Crippen molar-refractivity contribution in [3.05, 3.63) is 78.0 Å². The van der Waals surface area contributed by atoms with E-state index in [1.54, 1.807) is 4.90 Å². The maximum atomic E-state index is 12.0. The van der Waals surface area contributed by atoms with E-state index in [4.69, 9.17) is 10.7 Å². The number of hydrogen-bond donors (Lipinski definition) is 3. The van der Waals surface area contributed by atoms with E-state index < -0.39 is 6.09 Å². The Kier molecular flexibility index (Phi) is 6.01. The van der Waals surface area contributed by atoms with Crippen LogP contribution < -0.4 is 5.73 Å². The summed E-state index contributed by atoms with van der Waals surface area (Å²) in [7, 11) is 0. The van der Waals surface area contributed by atoms with Crippen LogP contribution >= 0.6 is 0 Å². The predicted octanol–water partition coefficient (Wildman–Crippen LogP) is 5.72. The van der Waals surface area contributed by atoms with E-state index in [0.717, 1.165) is 52.0 Å². The summed E-state index contributed by atoms with van der Waals surface area (Å²) in [5.41, 5.74) is 13.0. The van der Waals surface area contributed by atoms with Crippen molar-refractivity contribution >= 4 is 28.5 Å². The molecule has 0 aliphatic carbocycles. The molecule has 0 saturated carbocycles. The fraction of sp³-hybridized carbons (Fsp3) is 0.333. The Labute approximate surface area is 226 Å². The molecule has 0 bridgehead atoms. The molecule has 1 amide bonds. The molecule has 6 rings (SSSR count). The number of fused-ring (bicyclic) bond motifs is 2. The number of hydrogen-bond acceptors (Lipinski definition) is 5. The Hall–Kier alpha value is -4.40. The molecule has 9 nitrogen and oxygen atoms in total. The van der Waals surface area contributed by atoms with Crippen LogP contribution in [0.25, 0.3) is 27.7 Å². The second-order valence-electron chi connectivity index (χ2n) is 11.5. The number of nitrogen functional groups attached to an aromatic ring is 1. The molecule has 1 aliphatic rings. The number of likely N-dealkylation sites (tertiary alicyclic amines) is 1. The standard InChI is InChI=1S/C30H33N7O2/c1-30(2,3)25-15-20(11-12-36(25)29(38)39)24-16-21(27-28(31)32-17-33-37(24)27)19-9-10-22-23(14-19)35-26(34-22)13-18-7-5-4-6-8-18/h4-10,14,16-17,20,25H,11-13,15H2,1-3H3,(H,34,35)(H,38,39)(H2,31,32,33). The van der Waals surface area contributed by atoms with Gasteiger partial charge in [0.05, 0.1) is 11.0 Å². The lowest BCUT2D eigenvalue weighted by Crippen LogP contribution is -2.51. The first-order valence-corrected chi connectivity index (χ1v) is 13.3. The van der Waals surface area contributed by atoms with Gasteiger partial charge >= 0.3 is 6.09 Å².